The van der Waals surface area contributed by atoms with E-state index in [9.17, 15) is 4.79 Å². The first-order valence-electron chi connectivity index (χ1n) is 11.2. The highest BCUT2D eigenvalue weighted by Gasteiger charge is 2.32. The molecular weight excluding hydrogens is 485 g/mol. The fraction of sp³-hybridized carbons (Fsp3) is 0.192. The van der Waals surface area contributed by atoms with Gasteiger partial charge in [0, 0.05) is 10.0 Å². The maximum Gasteiger partial charge on any atom is 0.250 e. The van der Waals surface area contributed by atoms with E-state index >= 15 is 0 Å². The summed E-state index contributed by atoms with van der Waals surface area (Å²) in [5.41, 5.74) is 2.88. The number of fused-ring (bicyclic) bond motifs is 1. The normalized spacial score (nSPS) is 16.8. The molecule has 9 heteroatoms. The second kappa shape index (κ2) is 9.98. The number of hydrogen-bond acceptors (Lipinski definition) is 5. The van der Waals surface area contributed by atoms with Gasteiger partial charge in [-0.25, -0.2) is 4.68 Å². The molecule has 178 valence electrons. The number of hydrogen-bond donors (Lipinski definition) is 2. The molecular formula is C26H23Cl2N5O2. The molecule has 0 aliphatic carbocycles. The van der Waals surface area contributed by atoms with Gasteiger partial charge in [0.2, 0.25) is 11.9 Å². The SMILES string of the molecule is COc1ccc(CC(=O)Nc2nc3n(n2)[C@H](c2ccccc2Cl)C[C@@H](c2ccc(Cl)cc2)N3)cc1. The lowest BCUT2D eigenvalue weighted by atomic mass is 9.93. The number of methoxy groups -OCH3 is 1. The Morgan fingerprint density at radius 1 is 1.09 bits per heavy atom. The minimum absolute atomic E-state index is 0.0342. The molecule has 2 atom stereocenters. The van der Waals surface area contributed by atoms with Crippen molar-refractivity contribution < 1.29 is 9.53 Å². The Balaban J connectivity index is 1.41. The van der Waals surface area contributed by atoms with E-state index in [4.69, 9.17) is 27.9 Å². The number of nitrogens with one attached hydrogen (secondary N) is 2. The van der Waals surface area contributed by atoms with E-state index in [1.54, 1.807) is 11.8 Å². The second-order valence-electron chi connectivity index (χ2n) is 8.30. The molecule has 0 bridgehead atoms. The third-order valence-corrected chi connectivity index (χ3v) is 6.60. The van der Waals surface area contributed by atoms with Crippen LogP contribution in [0.5, 0.6) is 5.75 Å². The monoisotopic (exact) mass is 507 g/mol. The first kappa shape index (κ1) is 23.2. The number of carbonyl (C=O) groups excluding carboxylic acids is 1. The number of nitrogens with zero attached hydrogens (tertiary/aromatic N) is 3. The van der Waals surface area contributed by atoms with Gasteiger partial charge in [0.25, 0.3) is 5.95 Å². The molecule has 2 heterocycles. The first-order valence-corrected chi connectivity index (χ1v) is 11.9. The highest BCUT2D eigenvalue weighted by atomic mass is 35.5. The number of halogens is 2. The summed E-state index contributed by atoms with van der Waals surface area (Å²) < 4.78 is 6.96. The van der Waals surface area contributed by atoms with Crippen LogP contribution in [0.1, 0.15) is 35.2 Å². The van der Waals surface area contributed by atoms with Gasteiger partial charge >= 0.3 is 0 Å². The third-order valence-electron chi connectivity index (χ3n) is 6.00. The Hall–Kier alpha value is -3.55. The topological polar surface area (TPSA) is 81.1 Å². The van der Waals surface area contributed by atoms with Crippen LogP contribution >= 0.6 is 23.2 Å². The molecule has 0 saturated carbocycles. The fourth-order valence-corrected chi connectivity index (χ4v) is 4.63. The summed E-state index contributed by atoms with van der Waals surface area (Å²) >= 11 is 12.7. The molecule has 3 aromatic carbocycles. The molecule has 0 unspecified atom stereocenters. The van der Waals surface area contributed by atoms with Gasteiger partial charge in [0.05, 0.1) is 25.6 Å². The Bertz CT molecular complexity index is 1340. The van der Waals surface area contributed by atoms with Crippen molar-refractivity contribution in [3.63, 3.8) is 0 Å². The van der Waals surface area contributed by atoms with Crippen molar-refractivity contribution in [2.45, 2.75) is 24.9 Å². The van der Waals surface area contributed by atoms with Crippen molar-refractivity contribution in [3.8, 4) is 5.75 Å². The Labute approximate surface area is 213 Å². The zero-order chi connectivity index (χ0) is 24.4. The van der Waals surface area contributed by atoms with Gasteiger partial charge in [-0.1, -0.05) is 65.7 Å². The zero-order valence-electron chi connectivity index (χ0n) is 18.9. The van der Waals surface area contributed by atoms with Crippen LogP contribution < -0.4 is 15.4 Å². The predicted molar refractivity (Wildman–Crippen MR) is 137 cm³/mol. The molecule has 35 heavy (non-hydrogen) atoms. The summed E-state index contributed by atoms with van der Waals surface area (Å²) in [7, 11) is 1.61. The highest BCUT2D eigenvalue weighted by molar-refractivity contribution is 6.31. The maximum absolute atomic E-state index is 12.7. The number of amides is 1. The standard InChI is InChI=1S/C26H23Cl2N5O2/c1-35-19-12-6-16(7-13-19)14-24(34)30-25-31-26-29-22(17-8-10-18(27)11-9-17)15-23(33(26)32-25)20-4-2-3-5-21(20)28/h2-13,22-23H,14-15H2,1H3,(H2,29,30,31,32,34)/t22-,23-/m0/s1. The fourth-order valence-electron chi connectivity index (χ4n) is 4.25. The largest absolute Gasteiger partial charge is 0.497 e. The number of ether oxygens (including phenoxy) is 1. The van der Waals surface area contributed by atoms with Crippen LogP contribution in [-0.2, 0) is 11.2 Å². The molecule has 0 radical (unpaired) electrons. The van der Waals surface area contributed by atoms with E-state index in [0.29, 0.717) is 22.4 Å². The number of rotatable bonds is 6. The lowest BCUT2D eigenvalue weighted by Gasteiger charge is -2.32. The Morgan fingerprint density at radius 3 is 2.54 bits per heavy atom. The van der Waals surface area contributed by atoms with Crippen LogP contribution in [0, 0.1) is 0 Å². The molecule has 0 saturated heterocycles. The summed E-state index contributed by atoms with van der Waals surface area (Å²) in [5, 5.41) is 12.2. The van der Waals surface area contributed by atoms with Crippen molar-refractivity contribution in [2.24, 2.45) is 0 Å². The number of aromatic nitrogens is 3. The minimum Gasteiger partial charge on any atom is -0.497 e. The molecule has 5 rings (SSSR count). The molecule has 1 aromatic heterocycles. The van der Waals surface area contributed by atoms with Gasteiger partial charge in [0.15, 0.2) is 0 Å². The summed E-state index contributed by atoms with van der Waals surface area (Å²) in [4.78, 5) is 17.3. The van der Waals surface area contributed by atoms with Crippen molar-refractivity contribution in [1.29, 1.82) is 0 Å². The van der Waals surface area contributed by atoms with Crippen LogP contribution in [0.3, 0.4) is 0 Å². The first-order chi connectivity index (χ1) is 17.0. The van der Waals surface area contributed by atoms with E-state index in [0.717, 1.165) is 22.4 Å². The van der Waals surface area contributed by atoms with Crippen LogP contribution in [0.2, 0.25) is 10.0 Å². The Morgan fingerprint density at radius 2 is 1.83 bits per heavy atom. The van der Waals surface area contributed by atoms with Gasteiger partial charge in [-0.3, -0.25) is 10.1 Å². The molecule has 2 N–H and O–H groups in total. The molecule has 0 spiro atoms. The molecule has 7 nitrogen and oxygen atoms in total. The van der Waals surface area contributed by atoms with Crippen molar-refractivity contribution in [2.75, 3.05) is 17.7 Å². The van der Waals surface area contributed by atoms with E-state index in [-0.39, 0.29) is 30.4 Å². The second-order valence-corrected chi connectivity index (χ2v) is 9.14. The molecule has 1 amide bonds. The zero-order valence-corrected chi connectivity index (χ0v) is 20.4. The van der Waals surface area contributed by atoms with Crippen LogP contribution in [0.15, 0.2) is 72.8 Å². The minimum atomic E-state index is -0.207. The van der Waals surface area contributed by atoms with E-state index in [1.807, 2.05) is 72.8 Å². The van der Waals surface area contributed by atoms with Gasteiger partial charge < -0.3 is 10.1 Å². The molecule has 1 aliphatic rings. The van der Waals surface area contributed by atoms with Gasteiger partial charge in [-0.15, -0.1) is 5.10 Å². The molecule has 1 aliphatic heterocycles. The average Bonchev–Trinajstić information content (AvgIpc) is 3.27. The Kier molecular flexibility index (Phi) is 6.61. The maximum atomic E-state index is 12.7. The third kappa shape index (κ3) is 5.11. The van der Waals surface area contributed by atoms with Crippen molar-refractivity contribution in [1.82, 2.24) is 14.8 Å². The smallest absolute Gasteiger partial charge is 0.250 e. The van der Waals surface area contributed by atoms with Crippen LogP contribution in [-0.4, -0.2) is 27.8 Å². The van der Waals surface area contributed by atoms with Gasteiger partial charge in [-0.05, 0) is 53.4 Å². The summed E-state index contributed by atoms with van der Waals surface area (Å²) in [6.45, 7) is 0. The van der Waals surface area contributed by atoms with Gasteiger partial charge in [0.1, 0.15) is 5.75 Å². The summed E-state index contributed by atoms with van der Waals surface area (Å²) in [6, 6.07) is 22.6. The number of benzene rings is 3. The van der Waals surface area contributed by atoms with Crippen LogP contribution in [0.25, 0.3) is 0 Å². The van der Waals surface area contributed by atoms with Crippen molar-refractivity contribution >= 4 is 41.0 Å². The number of anilines is 2. The van der Waals surface area contributed by atoms with Gasteiger partial charge in [-0.2, -0.15) is 4.98 Å². The van der Waals surface area contributed by atoms with E-state index in [2.05, 4.69) is 20.7 Å². The lowest BCUT2D eigenvalue weighted by Crippen LogP contribution is -2.28. The molecule has 0 fully saturated rings. The summed E-state index contributed by atoms with van der Waals surface area (Å²) in [6.07, 6.45) is 0.892. The lowest BCUT2D eigenvalue weighted by molar-refractivity contribution is -0.115. The number of carbonyl (C=O) groups is 1. The predicted octanol–water partition coefficient (Wildman–Crippen LogP) is 5.92. The van der Waals surface area contributed by atoms with Crippen molar-refractivity contribution in [3.05, 3.63) is 99.5 Å². The van der Waals surface area contributed by atoms with Crippen LogP contribution in [0.4, 0.5) is 11.9 Å². The summed E-state index contributed by atoms with van der Waals surface area (Å²) in [5.74, 6) is 1.33. The molecule has 4 aromatic rings. The van der Waals surface area contributed by atoms with E-state index < -0.39 is 0 Å². The van der Waals surface area contributed by atoms with E-state index in [1.165, 1.54) is 0 Å². The average molecular weight is 508 g/mol. The highest BCUT2D eigenvalue weighted by Crippen LogP contribution is 2.40. The quantitative estimate of drug-likeness (QED) is 0.338.